The third kappa shape index (κ3) is 2.50. The Morgan fingerprint density at radius 3 is 2.81 bits per heavy atom. The molecule has 1 aliphatic rings. The zero-order valence-electron chi connectivity index (χ0n) is 8.88. The van der Waals surface area contributed by atoms with Crippen LogP contribution < -0.4 is 5.32 Å². The maximum Gasteiger partial charge on any atom is 0.411 e. The topological polar surface area (TPSA) is 56.8 Å². The third-order valence-electron chi connectivity index (χ3n) is 2.24. The van der Waals surface area contributed by atoms with Gasteiger partial charge in [0.25, 0.3) is 6.29 Å². The van der Waals surface area contributed by atoms with Crippen LogP contribution in [0.1, 0.15) is 5.56 Å². The molecule has 0 radical (unpaired) electrons. The van der Waals surface area contributed by atoms with Crippen molar-refractivity contribution in [2.45, 2.75) is 19.1 Å². The minimum Gasteiger partial charge on any atom is -0.415 e. The van der Waals surface area contributed by atoms with Crippen molar-refractivity contribution in [2.24, 2.45) is 0 Å². The Morgan fingerprint density at radius 2 is 2.12 bits per heavy atom. The van der Waals surface area contributed by atoms with E-state index in [-0.39, 0.29) is 0 Å². The molecule has 0 bridgehead atoms. The van der Waals surface area contributed by atoms with Crippen molar-refractivity contribution in [3.8, 4) is 0 Å². The van der Waals surface area contributed by atoms with Gasteiger partial charge in [-0.2, -0.15) is 0 Å². The van der Waals surface area contributed by atoms with Gasteiger partial charge in [-0.3, -0.25) is 5.32 Å². The molecule has 1 aromatic rings. The van der Waals surface area contributed by atoms with E-state index in [1.165, 1.54) is 7.11 Å². The normalized spacial score (nSPS) is 23.9. The Hall–Kier alpha value is -1.59. The molecular weight excluding hydrogens is 210 g/mol. The summed E-state index contributed by atoms with van der Waals surface area (Å²) in [5.74, 6) is 0. The van der Waals surface area contributed by atoms with Gasteiger partial charge in [-0.1, -0.05) is 30.3 Å². The minimum absolute atomic E-state index is 0.375. The van der Waals surface area contributed by atoms with Crippen molar-refractivity contribution < 1.29 is 19.0 Å². The van der Waals surface area contributed by atoms with Gasteiger partial charge in [0, 0.05) is 7.11 Å². The van der Waals surface area contributed by atoms with Gasteiger partial charge >= 0.3 is 6.09 Å². The first-order chi connectivity index (χ1) is 7.79. The zero-order valence-corrected chi connectivity index (χ0v) is 8.88. The number of cyclic esters (lactones) is 1. The average Bonchev–Trinajstić information content (AvgIpc) is 2.68. The molecule has 1 fully saturated rings. The molecule has 1 aliphatic heterocycles. The van der Waals surface area contributed by atoms with E-state index < -0.39 is 18.6 Å². The van der Waals surface area contributed by atoms with Crippen molar-refractivity contribution in [3.63, 3.8) is 0 Å². The molecule has 2 atom stereocenters. The fourth-order valence-electron chi connectivity index (χ4n) is 1.43. The summed E-state index contributed by atoms with van der Waals surface area (Å²) in [5.41, 5.74) is 1.01. The predicted octanol–water partition coefficient (Wildman–Crippen LogP) is 1.24. The first-order valence-corrected chi connectivity index (χ1v) is 4.95. The number of methoxy groups -OCH3 is 1. The molecule has 86 valence electrons. The molecule has 5 heteroatoms. The van der Waals surface area contributed by atoms with Crippen molar-refractivity contribution in [3.05, 3.63) is 35.9 Å². The van der Waals surface area contributed by atoms with Gasteiger partial charge in [0.1, 0.15) is 0 Å². The summed E-state index contributed by atoms with van der Waals surface area (Å²) in [6.07, 6.45) is -1.76. The second-order valence-corrected chi connectivity index (χ2v) is 3.37. The molecule has 0 unspecified atom stereocenters. The molecule has 1 saturated heterocycles. The number of carbonyl (C=O) groups excluding carboxylic acids is 1. The van der Waals surface area contributed by atoms with Gasteiger partial charge in [-0.25, -0.2) is 4.79 Å². The standard InChI is InChI=1S/C11H13NO4/c1-14-9-10(16-11(13)12-9)15-7-8-5-3-2-4-6-8/h2-6,9-10H,7H2,1H3,(H,12,13)/t9-,10+/m0/s1. The van der Waals surface area contributed by atoms with E-state index in [9.17, 15) is 4.79 Å². The van der Waals surface area contributed by atoms with E-state index in [2.05, 4.69) is 5.32 Å². The second-order valence-electron chi connectivity index (χ2n) is 3.37. The van der Waals surface area contributed by atoms with Gasteiger partial charge in [-0.05, 0) is 5.56 Å². The smallest absolute Gasteiger partial charge is 0.411 e. The highest BCUT2D eigenvalue weighted by atomic mass is 16.7. The molecule has 1 heterocycles. The molecule has 5 nitrogen and oxygen atoms in total. The van der Waals surface area contributed by atoms with Gasteiger partial charge in [-0.15, -0.1) is 0 Å². The fourth-order valence-corrected chi connectivity index (χ4v) is 1.43. The quantitative estimate of drug-likeness (QED) is 0.834. The molecule has 16 heavy (non-hydrogen) atoms. The number of hydrogen-bond acceptors (Lipinski definition) is 4. The van der Waals surface area contributed by atoms with Crippen molar-refractivity contribution in [1.82, 2.24) is 5.32 Å². The van der Waals surface area contributed by atoms with Crippen molar-refractivity contribution in [2.75, 3.05) is 7.11 Å². The van der Waals surface area contributed by atoms with E-state index in [1.54, 1.807) is 0 Å². The largest absolute Gasteiger partial charge is 0.415 e. The van der Waals surface area contributed by atoms with Crippen LogP contribution in [-0.4, -0.2) is 25.7 Å². The lowest BCUT2D eigenvalue weighted by molar-refractivity contribution is -0.150. The summed E-state index contributed by atoms with van der Waals surface area (Å²) in [4.78, 5) is 10.9. The minimum atomic E-state index is -0.697. The Balaban J connectivity index is 1.88. The highest BCUT2D eigenvalue weighted by Crippen LogP contribution is 2.13. The van der Waals surface area contributed by atoms with Crippen LogP contribution >= 0.6 is 0 Å². The Kier molecular flexibility index (Phi) is 3.38. The monoisotopic (exact) mass is 223 g/mol. The molecule has 0 aliphatic carbocycles. The maximum atomic E-state index is 10.9. The lowest BCUT2D eigenvalue weighted by Crippen LogP contribution is -2.34. The number of hydrogen-bond donors (Lipinski definition) is 1. The Morgan fingerprint density at radius 1 is 1.38 bits per heavy atom. The highest BCUT2D eigenvalue weighted by molar-refractivity contribution is 5.69. The zero-order chi connectivity index (χ0) is 11.4. The number of nitrogens with one attached hydrogen (secondary N) is 1. The first kappa shape index (κ1) is 10.9. The summed E-state index contributed by atoms with van der Waals surface area (Å²) in [5, 5.41) is 2.48. The van der Waals surface area contributed by atoms with E-state index in [0.29, 0.717) is 6.61 Å². The van der Waals surface area contributed by atoms with Crippen LogP contribution in [0.2, 0.25) is 0 Å². The lowest BCUT2D eigenvalue weighted by atomic mass is 10.2. The van der Waals surface area contributed by atoms with E-state index >= 15 is 0 Å². The van der Waals surface area contributed by atoms with E-state index in [0.717, 1.165) is 5.56 Å². The number of rotatable bonds is 4. The molecule has 1 aromatic carbocycles. The first-order valence-electron chi connectivity index (χ1n) is 4.95. The number of amides is 1. The van der Waals surface area contributed by atoms with Crippen LogP contribution in [0.25, 0.3) is 0 Å². The number of benzene rings is 1. The maximum absolute atomic E-state index is 10.9. The fraction of sp³-hybridized carbons (Fsp3) is 0.364. The summed E-state index contributed by atoms with van der Waals surface area (Å²) >= 11 is 0. The van der Waals surface area contributed by atoms with Crippen LogP contribution in [0, 0.1) is 0 Å². The molecule has 1 amide bonds. The Labute approximate surface area is 93.3 Å². The summed E-state index contributed by atoms with van der Waals surface area (Å²) in [6.45, 7) is 0.375. The van der Waals surface area contributed by atoms with Crippen molar-refractivity contribution in [1.29, 1.82) is 0 Å². The number of ether oxygens (including phenoxy) is 3. The predicted molar refractivity (Wildman–Crippen MR) is 55.4 cm³/mol. The van der Waals surface area contributed by atoms with Crippen molar-refractivity contribution >= 4 is 6.09 Å². The highest BCUT2D eigenvalue weighted by Gasteiger charge is 2.34. The van der Waals surface area contributed by atoms with Crippen LogP contribution in [0.4, 0.5) is 4.79 Å². The summed E-state index contributed by atoms with van der Waals surface area (Å²) in [6, 6.07) is 9.65. The average molecular weight is 223 g/mol. The number of alkyl carbamates (subject to hydrolysis) is 1. The van der Waals surface area contributed by atoms with Crippen LogP contribution in [0.15, 0.2) is 30.3 Å². The third-order valence-corrected chi connectivity index (χ3v) is 2.24. The van der Waals surface area contributed by atoms with Gasteiger partial charge < -0.3 is 14.2 Å². The summed E-state index contributed by atoms with van der Waals surface area (Å²) in [7, 11) is 1.48. The molecular formula is C11H13NO4. The molecule has 0 saturated carbocycles. The van der Waals surface area contributed by atoms with Gasteiger partial charge in [0.05, 0.1) is 6.61 Å². The Bertz CT molecular complexity index is 354. The lowest BCUT2D eigenvalue weighted by Gasteiger charge is -2.15. The molecule has 1 N–H and O–H groups in total. The van der Waals surface area contributed by atoms with E-state index in [4.69, 9.17) is 14.2 Å². The SMILES string of the molecule is CO[C@@H]1NC(=O)O[C@H]1OCc1ccccc1. The second kappa shape index (κ2) is 4.96. The van der Waals surface area contributed by atoms with Crippen LogP contribution in [0.5, 0.6) is 0 Å². The number of carbonyl (C=O) groups is 1. The van der Waals surface area contributed by atoms with Crippen LogP contribution in [0.3, 0.4) is 0 Å². The molecule has 0 aromatic heterocycles. The van der Waals surface area contributed by atoms with Gasteiger partial charge in [0.2, 0.25) is 0 Å². The molecule has 0 spiro atoms. The van der Waals surface area contributed by atoms with Crippen LogP contribution in [-0.2, 0) is 20.8 Å². The van der Waals surface area contributed by atoms with Gasteiger partial charge in [0.15, 0.2) is 6.23 Å². The van der Waals surface area contributed by atoms with E-state index in [1.807, 2.05) is 30.3 Å². The summed E-state index contributed by atoms with van der Waals surface area (Å²) < 4.78 is 15.3. The molecule has 2 rings (SSSR count).